The molecule has 0 unspecified atom stereocenters. The molecule has 0 spiro atoms. The Kier molecular flexibility index (Phi) is 4.89. The maximum atomic E-state index is 12.8. The van der Waals surface area contributed by atoms with Gasteiger partial charge >= 0.3 is 0 Å². The highest BCUT2D eigenvalue weighted by Crippen LogP contribution is 2.30. The number of halogens is 1. The summed E-state index contributed by atoms with van der Waals surface area (Å²) in [4.78, 5) is 17.0. The minimum atomic E-state index is 0.0602. The van der Waals surface area contributed by atoms with E-state index in [0.29, 0.717) is 30.3 Å². The number of nitrogens with zero attached hydrogens (tertiary/aromatic N) is 2. The summed E-state index contributed by atoms with van der Waals surface area (Å²) in [5.41, 5.74) is 1.72. The quantitative estimate of drug-likeness (QED) is 0.856. The summed E-state index contributed by atoms with van der Waals surface area (Å²) in [7, 11) is 0. The first-order valence-corrected chi connectivity index (χ1v) is 8.51. The minimum absolute atomic E-state index is 0.0602. The van der Waals surface area contributed by atoms with Crippen molar-refractivity contribution >= 4 is 23.2 Å². The smallest absolute Gasteiger partial charge is 0.254 e. The van der Waals surface area contributed by atoms with Gasteiger partial charge in [-0.05, 0) is 37.5 Å². The number of rotatable bonds is 3. The molecule has 1 atom stereocenters. The highest BCUT2D eigenvalue weighted by molar-refractivity contribution is 6.33. The monoisotopic (exact) mass is 322 g/mol. The maximum absolute atomic E-state index is 12.8. The fraction of sp³-hybridized carbons (Fsp3) is 0.588. The van der Waals surface area contributed by atoms with Crippen molar-refractivity contribution in [2.45, 2.75) is 32.2 Å². The maximum Gasteiger partial charge on any atom is 0.254 e. The molecule has 2 saturated heterocycles. The zero-order chi connectivity index (χ0) is 15.5. The molecule has 2 aliphatic rings. The van der Waals surface area contributed by atoms with Crippen molar-refractivity contribution in [2.24, 2.45) is 0 Å². The van der Waals surface area contributed by atoms with Crippen LogP contribution in [0.3, 0.4) is 0 Å². The van der Waals surface area contributed by atoms with Gasteiger partial charge in [-0.15, -0.1) is 0 Å². The van der Waals surface area contributed by atoms with Gasteiger partial charge in [0.15, 0.2) is 0 Å². The van der Waals surface area contributed by atoms with Crippen LogP contribution in [0.5, 0.6) is 0 Å². The average Bonchev–Trinajstić information content (AvgIpc) is 3.08. The second kappa shape index (κ2) is 6.88. The van der Waals surface area contributed by atoms with Crippen molar-refractivity contribution in [3.63, 3.8) is 0 Å². The Morgan fingerprint density at radius 1 is 1.32 bits per heavy atom. The van der Waals surface area contributed by atoms with E-state index in [-0.39, 0.29) is 11.9 Å². The third kappa shape index (κ3) is 3.08. The van der Waals surface area contributed by atoms with E-state index >= 15 is 0 Å². The van der Waals surface area contributed by atoms with Gasteiger partial charge in [0.25, 0.3) is 5.91 Å². The second-order valence-electron chi connectivity index (χ2n) is 6.00. The molecule has 3 rings (SSSR count). The third-order valence-corrected chi connectivity index (χ3v) is 4.90. The van der Waals surface area contributed by atoms with Crippen molar-refractivity contribution in [1.82, 2.24) is 4.90 Å². The fourth-order valence-electron chi connectivity index (χ4n) is 3.28. The zero-order valence-corrected chi connectivity index (χ0v) is 13.8. The first-order chi connectivity index (χ1) is 10.7. The number of morpholine rings is 1. The van der Waals surface area contributed by atoms with Crippen LogP contribution in [0, 0.1) is 0 Å². The summed E-state index contributed by atoms with van der Waals surface area (Å²) in [6.07, 6.45) is 3.33. The number of anilines is 1. The van der Waals surface area contributed by atoms with E-state index in [9.17, 15) is 4.79 Å². The number of carbonyl (C=O) groups is 1. The predicted molar refractivity (Wildman–Crippen MR) is 88.8 cm³/mol. The van der Waals surface area contributed by atoms with E-state index in [1.165, 1.54) is 12.8 Å². The third-order valence-electron chi connectivity index (χ3n) is 4.60. The molecule has 2 fully saturated rings. The second-order valence-corrected chi connectivity index (χ2v) is 6.40. The van der Waals surface area contributed by atoms with E-state index in [0.717, 1.165) is 25.2 Å². The molecule has 2 heterocycles. The van der Waals surface area contributed by atoms with Crippen LogP contribution in [0.15, 0.2) is 18.2 Å². The predicted octanol–water partition coefficient (Wildman–Crippen LogP) is 3.19. The number of ether oxygens (including phenoxy) is 1. The lowest BCUT2D eigenvalue weighted by atomic mass is 10.1. The normalized spacial score (nSPS) is 22.2. The first-order valence-electron chi connectivity index (χ1n) is 8.14. The summed E-state index contributed by atoms with van der Waals surface area (Å²) >= 11 is 6.43. The van der Waals surface area contributed by atoms with Crippen LogP contribution in [-0.2, 0) is 4.74 Å². The van der Waals surface area contributed by atoms with Crippen LogP contribution in [0.25, 0.3) is 0 Å². The molecule has 0 bridgehead atoms. The van der Waals surface area contributed by atoms with Gasteiger partial charge in [0.05, 0.1) is 30.0 Å². The van der Waals surface area contributed by atoms with Crippen LogP contribution < -0.4 is 4.90 Å². The molecule has 4 nitrogen and oxygen atoms in total. The summed E-state index contributed by atoms with van der Waals surface area (Å²) < 4.78 is 5.47. The van der Waals surface area contributed by atoms with Gasteiger partial charge in [-0.3, -0.25) is 4.79 Å². The summed E-state index contributed by atoms with van der Waals surface area (Å²) in [6.45, 7) is 6.08. The SMILES string of the molecule is CC[C@H]1COCCN1C(=O)c1ccc(N2CCCC2)c(Cl)c1. The van der Waals surface area contributed by atoms with Gasteiger partial charge in [0.1, 0.15) is 0 Å². The standard InChI is InChI=1S/C17H23ClN2O2/c1-2-14-12-22-10-9-20(14)17(21)13-5-6-16(15(18)11-13)19-7-3-4-8-19/h5-6,11,14H,2-4,7-10,12H2,1H3/t14-/m0/s1. The van der Waals surface area contributed by atoms with Crippen molar-refractivity contribution in [3.8, 4) is 0 Å². The molecule has 120 valence electrons. The number of hydrogen-bond donors (Lipinski definition) is 0. The minimum Gasteiger partial charge on any atom is -0.377 e. The lowest BCUT2D eigenvalue weighted by Crippen LogP contribution is -2.48. The van der Waals surface area contributed by atoms with Gasteiger partial charge in [-0.25, -0.2) is 0 Å². The number of carbonyl (C=O) groups excluding carboxylic acids is 1. The fourth-order valence-corrected chi connectivity index (χ4v) is 3.58. The van der Waals surface area contributed by atoms with Gasteiger partial charge in [0, 0.05) is 25.2 Å². The Bertz CT molecular complexity index is 543. The molecule has 1 amide bonds. The van der Waals surface area contributed by atoms with Crippen molar-refractivity contribution < 1.29 is 9.53 Å². The van der Waals surface area contributed by atoms with E-state index in [1.54, 1.807) is 0 Å². The zero-order valence-electron chi connectivity index (χ0n) is 13.1. The molecule has 0 saturated carbocycles. The number of benzene rings is 1. The molecule has 5 heteroatoms. The molecule has 0 aromatic heterocycles. The Balaban J connectivity index is 1.79. The van der Waals surface area contributed by atoms with E-state index in [4.69, 9.17) is 16.3 Å². The van der Waals surface area contributed by atoms with Gasteiger partial charge in [0.2, 0.25) is 0 Å². The summed E-state index contributed by atoms with van der Waals surface area (Å²) in [5.74, 6) is 0.0602. The molecule has 1 aromatic rings. The largest absolute Gasteiger partial charge is 0.377 e. The molecule has 1 aromatic carbocycles. The van der Waals surface area contributed by atoms with Crippen molar-refractivity contribution in [2.75, 3.05) is 37.7 Å². The van der Waals surface area contributed by atoms with E-state index in [2.05, 4.69) is 11.8 Å². The molecular weight excluding hydrogens is 300 g/mol. The molecule has 0 aliphatic carbocycles. The lowest BCUT2D eigenvalue weighted by Gasteiger charge is -2.35. The van der Waals surface area contributed by atoms with Gasteiger partial charge in [-0.2, -0.15) is 0 Å². The van der Waals surface area contributed by atoms with E-state index < -0.39 is 0 Å². The molecule has 0 radical (unpaired) electrons. The van der Waals surface area contributed by atoms with Crippen LogP contribution in [0.1, 0.15) is 36.5 Å². The van der Waals surface area contributed by atoms with E-state index in [1.807, 2.05) is 23.1 Å². The van der Waals surface area contributed by atoms with Crippen LogP contribution >= 0.6 is 11.6 Å². The molecular formula is C17H23ClN2O2. The number of hydrogen-bond acceptors (Lipinski definition) is 3. The van der Waals surface area contributed by atoms with Crippen molar-refractivity contribution in [1.29, 1.82) is 0 Å². The topological polar surface area (TPSA) is 32.8 Å². The average molecular weight is 323 g/mol. The Morgan fingerprint density at radius 2 is 2.09 bits per heavy atom. The summed E-state index contributed by atoms with van der Waals surface area (Å²) in [5, 5.41) is 0.675. The van der Waals surface area contributed by atoms with Crippen LogP contribution in [0.2, 0.25) is 5.02 Å². The van der Waals surface area contributed by atoms with Crippen molar-refractivity contribution in [3.05, 3.63) is 28.8 Å². The molecule has 2 aliphatic heterocycles. The Labute approximate surface area is 137 Å². The number of amides is 1. The molecule has 0 N–H and O–H groups in total. The first kappa shape index (κ1) is 15.6. The van der Waals surface area contributed by atoms with Crippen LogP contribution in [0.4, 0.5) is 5.69 Å². The highest BCUT2D eigenvalue weighted by Gasteiger charge is 2.27. The Hall–Kier alpha value is -1.26. The lowest BCUT2D eigenvalue weighted by molar-refractivity contribution is -0.00279. The highest BCUT2D eigenvalue weighted by atomic mass is 35.5. The Morgan fingerprint density at radius 3 is 2.77 bits per heavy atom. The summed E-state index contributed by atoms with van der Waals surface area (Å²) in [6, 6.07) is 5.88. The van der Waals surface area contributed by atoms with Crippen LogP contribution in [-0.4, -0.2) is 49.7 Å². The van der Waals surface area contributed by atoms with Gasteiger partial charge < -0.3 is 14.5 Å². The molecule has 22 heavy (non-hydrogen) atoms. The van der Waals surface area contributed by atoms with Gasteiger partial charge in [-0.1, -0.05) is 18.5 Å².